The molecule has 3 aromatic carbocycles. The van der Waals surface area contributed by atoms with Crippen molar-refractivity contribution in [3.63, 3.8) is 0 Å². The summed E-state index contributed by atoms with van der Waals surface area (Å²) in [6, 6.07) is 26.6. The standard InChI is InChI=1S/C24H22N2/c1-24(2)16-18-12-6-9-15-21(18)26-23(17-10-4-3-5-11-17)22(25)19-13-7-8-14-20(19)24/h3-15,25H,16H2,1-2H3. The Morgan fingerprint density at radius 3 is 2.27 bits per heavy atom. The minimum Gasteiger partial charge on any atom is -0.298 e. The fourth-order valence-electron chi connectivity index (χ4n) is 3.74. The number of hydrogen-bond acceptors (Lipinski definition) is 2. The number of aliphatic imine (C=N–C) groups is 1. The average Bonchev–Trinajstić information content (AvgIpc) is 2.70. The number of rotatable bonds is 1. The van der Waals surface area contributed by atoms with Gasteiger partial charge in [0.15, 0.2) is 0 Å². The normalized spacial score (nSPS) is 15.8. The average molecular weight is 338 g/mol. The first kappa shape index (κ1) is 16.5. The zero-order chi connectivity index (χ0) is 18.1. The van der Waals surface area contributed by atoms with Crippen molar-refractivity contribution in [1.82, 2.24) is 0 Å². The minimum atomic E-state index is -0.0827. The molecule has 0 spiro atoms. The van der Waals surface area contributed by atoms with Crippen LogP contribution in [0, 0.1) is 5.41 Å². The third-order valence-corrected chi connectivity index (χ3v) is 5.07. The van der Waals surface area contributed by atoms with Gasteiger partial charge in [-0.1, -0.05) is 86.6 Å². The molecule has 1 heterocycles. The summed E-state index contributed by atoms with van der Waals surface area (Å²) >= 11 is 0. The van der Waals surface area contributed by atoms with Gasteiger partial charge in [-0.3, -0.25) is 5.41 Å². The molecule has 1 aliphatic rings. The molecule has 4 rings (SSSR count). The Hall–Kier alpha value is -3.00. The van der Waals surface area contributed by atoms with Crippen molar-refractivity contribution < 1.29 is 0 Å². The monoisotopic (exact) mass is 338 g/mol. The second-order valence-corrected chi connectivity index (χ2v) is 7.44. The molecule has 0 aromatic heterocycles. The van der Waals surface area contributed by atoms with Crippen LogP contribution in [-0.2, 0) is 11.8 Å². The van der Waals surface area contributed by atoms with Gasteiger partial charge in [-0.15, -0.1) is 0 Å². The van der Waals surface area contributed by atoms with E-state index < -0.39 is 0 Å². The van der Waals surface area contributed by atoms with Gasteiger partial charge in [-0.2, -0.15) is 0 Å². The highest BCUT2D eigenvalue weighted by molar-refractivity contribution is 6.53. The zero-order valence-corrected chi connectivity index (χ0v) is 15.2. The van der Waals surface area contributed by atoms with Gasteiger partial charge < -0.3 is 0 Å². The SMILES string of the molecule is CC1(C)Cc2ccccc2N=C(c2ccccc2)C(=N)c2ccccc21. The largest absolute Gasteiger partial charge is 0.298 e. The first-order valence-electron chi connectivity index (χ1n) is 8.97. The highest BCUT2D eigenvalue weighted by Gasteiger charge is 2.29. The van der Waals surface area contributed by atoms with Crippen LogP contribution < -0.4 is 0 Å². The van der Waals surface area contributed by atoms with E-state index in [1.54, 1.807) is 0 Å². The number of benzene rings is 3. The summed E-state index contributed by atoms with van der Waals surface area (Å²) in [5.41, 5.74) is 6.44. The summed E-state index contributed by atoms with van der Waals surface area (Å²) in [5, 5.41) is 8.99. The zero-order valence-electron chi connectivity index (χ0n) is 15.2. The summed E-state index contributed by atoms with van der Waals surface area (Å²) in [6.45, 7) is 4.51. The van der Waals surface area contributed by atoms with E-state index in [1.165, 1.54) is 11.1 Å². The number of para-hydroxylation sites is 1. The van der Waals surface area contributed by atoms with Crippen molar-refractivity contribution in [2.24, 2.45) is 4.99 Å². The molecule has 0 unspecified atom stereocenters. The van der Waals surface area contributed by atoms with E-state index >= 15 is 0 Å². The Bertz CT molecular complexity index is 997. The Morgan fingerprint density at radius 1 is 0.808 bits per heavy atom. The molecule has 26 heavy (non-hydrogen) atoms. The molecule has 3 aromatic rings. The Morgan fingerprint density at radius 2 is 1.46 bits per heavy atom. The maximum Gasteiger partial charge on any atom is 0.0964 e. The second kappa shape index (κ2) is 6.38. The third kappa shape index (κ3) is 2.88. The highest BCUT2D eigenvalue weighted by atomic mass is 14.8. The van der Waals surface area contributed by atoms with E-state index in [2.05, 4.69) is 44.2 Å². The summed E-state index contributed by atoms with van der Waals surface area (Å²) < 4.78 is 0. The van der Waals surface area contributed by atoms with Crippen molar-refractivity contribution >= 4 is 17.1 Å². The van der Waals surface area contributed by atoms with Crippen molar-refractivity contribution in [3.05, 3.63) is 101 Å². The first-order chi connectivity index (χ1) is 12.6. The molecular formula is C24H22N2. The van der Waals surface area contributed by atoms with E-state index in [1.807, 2.05) is 48.5 Å². The molecular weight excluding hydrogens is 316 g/mol. The van der Waals surface area contributed by atoms with Crippen molar-refractivity contribution in [1.29, 1.82) is 5.41 Å². The van der Waals surface area contributed by atoms with Gasteiger partial charge in [0.25, 0.3) is 0 Å². The molecule has 0 saturated carbocycles. The molecule has 0 radical (unpaired) electrons. The molecule has 2 heteroatoms. The second-order valence-electron chi connectivity index (χ2n) is 7.44. The molecule has 0 atom stereocenters. The van der Waals surface area contributed by atoms with Crippen LogP contribution >= 0.6 is 0 Å². The first-order valence-corrected chi connectivity index (χ1v) is 8.97. The number of hydrogen-bond donors (Lipinski definition) is 1. The Kier molecular flexibility index (Phi) is 4.04. The van der Waals surface area contributed by atoms with Crippen molar-refractivity contribution in [3.8, 4) is 0 Å². The van der Waals surface area contributed by atoms with Gasteiger partial charge in [-0.05, 0) is 29.0 Å². The predicted molar refractivity (Wildman–Crippen MR) is 109 cm³/mol. The highest BCUT2D eigenvalue weighted by Crippen LogP contribution is 2.35. The van der Waals surface area contributed by atoms with E-state index in [0.29, 0.717) is 5.71 Å². The molecule has 0 aliphatic carbocycles. The summed E-state index contributed by atoms with van der Waals surface area (Å²) in [6.07, 6.45) is 0.888. The van der Waals surface area contributed by atoms with Crippen LogP contribution in [0.15, 0.2) is 83.9 Å². The van der Waals surface area contributed by atoms with Gasteiger partial charge in [-0.25, -0.2) is 4.99 Å². The van der Waals surface area contributed by atoms with Gasteiger partial charge in [0.1, 0.15) is 0 Å². The van der Waals surface area contributed by atoms with Gasteiger partial charge in [0, 0.05) is 11.1 Å². The van der Waals surface area contributed by atoms with E-state index in [4.69, 9.17) is 10.4 Å². The molecule has 1 aliphatic heterocycles. The lowest BCUT2D eigenvalue weighted by Crippen LogP contribution is -2.25. The van der Waals surface area contributed by atoms with Crippen LogP contribution in [0.3, 0.4) is 0 Å². The molecule has 2 nitrogen and oxygen atoms in total. The minimum absolute atomic E-state index is 0.0827. The summed E-state index contributed by atoms with van der Waals surface area (Å²) in [4.78, 5) is 4.97. The number of nitrogens with zero attached hydrogens (tertiary/aromatic N) is 1. The molecule has 0 bridgehead atoms. The van der Waals surface area contributed by atoms with Crippen LogP contribution in [0.2, 0.25) is 0 Å². The van der Waals surface area contributed by atoms with Gasteiger partial charge in [0.2, 0.25) is 0 Å². The lowest BCUT2D eigenvalue weighted by molar-refractivity contribution is 0.522. The van der Waals surface area contributed by atoms with E-state index in [9.17, 15) is 0 Å². The maximum atomic E-state index is 8.99. The fraction of sp³-hybridized carbons (Fsp3) is 0.167. The van der Waals surface area contributed by atoms with Crippen molar-refractivity contribution in [2.75, 3.05) is 0 Å². The van der Waals surface area contributed by atoms with E-state index in [0.717, 1.165) is 28.9 Å². The van der Waals surface area contributed by atoms with Gasteiger partial charge >= 0.3 is 0 Å². The lowest BCUT2D eigenvalue weighted by Gasteiger charge is -2.28. The van der Waals surface area contributed by atoms with Gasteiger partial charge in [0.05, 0.1) is 17.1 Å². The van der Waals surface area contributed by atoms with Crippen LogP contribution in [0.4, 0.5) is 5.69 Å². The quantitative estimate of drug-likeness (QED) is 0.590. The van der Waals surface area contributed by atoms with Crippen molar-refractivity contribution in [2.45, 2.75) is 25.7 Å². The summed E-state index contributed by atoms with van der Waals surface area (Å²) in [7, 11) is 0. The molecule has 0 fully saturated rings. The molecule has 1 N–H and O–H groups in total. The number of nitrogens with one attached hydrogen (secondary N) is 1. The maximum absolute atomic E-state index is 8.99. The lowest BCUT2D eigenvalue weighted by atomic mass is 9.76. The molecule has 128 valence electrons. The topological polar surface area (TPSA) is 36.2 Å². The molecule has 0 amide bonds. The predicted octanol–water partition coefficient (Wildman–Crippen LogP) is 5.71. The van der Waals surface area contributed by atoms with Crippen LogP contribution in [0.1, 0.15) is 36.1 Å². The Balaban J connectivity index is 2.03. The Labute approximate surface area is 154 Å². The third-order valence-electron chi connectivity index (χ3n) is 5.07. The van der Waals surface area contributed by atoms with Crippen LogP contribution in [-0.4, -0.2) is 11.4 Å². The smallest absolute Gasteiger partial charge is 0.0964 e. The fourth-order valence-corrected chi connectivity index (χ4v) is 3.74. The van der Waals surface area contributed by atoms with Crippen LogP contribution in [0.25, 0.3) is 0 Å². The molecule has 0 saturated heterocycles. The number of fused-ring (bicyclic) bond motifs is 2. The van der Waals surface area contributed by atoms with Crippen LogP contribution in [0.5, 0.6) is 0 Å². The summed E-state index contributed by atoms with van der Waals surface area (Å²) in [5.74, 6) is 0. The van der Waals surface area contributed by atoms with E-state index in [-0.39, 0.29) is 5.41 Å².